The highest BCUT2D eigenvalue weighted by atomic mass is 16.1. The van der Waals surface area contributed by atoms with Crippen LogP contribution in [0.3, 0.4) is 0 Å². The maximum atomic E-state index is 12.3. The molecule has 0 atom stereocenters. The lowest BCUT2D eigenvalue weighted by molar-refractivity contribution is 0.0954. The Morgan fingerprint density at radius 1 is 1.00 bits per heavy atom. The van der Waals surface area contributed by atoms with E-state index in [1.165, 1.54) is 22.3 Å². The Morgan fingerprint density at radius 3 is 2.43 bits per heavy atom. The van der Waals surface area contributed by atoms with Gasteiger partial charge in [0.1, 0.15) is 5.82 Å². The fourth-order valence-corrected chi connectivity index (χ4v) is 4.00. The van der Waals surface area contributed by atoms with Crippen molar-refractivity contribution in [2.24, 2.45) is 0 Å². The maximum Gasteiger partial charge on any atom is 0.251 e. The lowest BCUT2D eigenvalue weighted by Crippen LogP contribution is -2.26. The first-order valence-corrected chi connectivity index (χ1v) is 10.2. The normalized spacial score (nSPS) is 11.0. The zero-order valence-corrected chi connectivity index (χ0v) is 17.6. The molecule has 0 fully saturated rings. The average Bonchev–Trinajstić information content (AvgIpc) is 3.08. The van der Waals surface area contributed by atoms with Crippen LogP contribution in [0.5, 0.6) is 0 Å². The van der Waals surface area contributed by atoms with Gasteiger partial charge >= 0.3 is 0 Å². The van der Waals surface area contributed by atoms with Gasteiger partial charge in [0.2, 0.25) is 0 Å². The van der Waals surface area contributed by atoms with Gasteiger partial charge in [-0.15, -0.1) is 0 Å². The monoisotopic (exact) mass is 398 g/mol. The molecule has 5 nitrogen and oxygen atoms in total. The number of nitrogens with zero attached hydrogens (tertiary/aromatic N) is 3. The van der Waals surface area contributed by atoms with Crippen LogP contribution in [0.15, 0.2) is 60.9 Å². The Labute approximate surface area is 176 Å². The molecule has 1 amide bonds. The molecule has 2 heterocycles. The molecule has 0 radical (unpaired) electrons. The number of amides is 1. The maximum absolute atomic E-state index is 12.3. The summed E-state index contributed by atoms with van der Waals surface area (Å²) in [7, 11) is 0. The summed E-state index contributed by atoms with van der Waals surface area (Å²) in [6.07, 6.45) is 3.91. The number of nitrogens with one attached hydrogen (secondary N) is 1. The van der Waals surface area contributed by atoms with Crippen LogP contribution >= 0.6 is 0 Å². The molecule has 1 N–H and O–H groups in total. The molecular formula is C25H26N4O. The van der Waals surface area contributed by atoms with E-state index in [4.69, 9.17) is 4.98 Å². The highest BCUT2D eigenvalue weighted by molar-refractivity contribution is 5.93. The van der Waals surface area contributed by atoms with E-state index in [0.717, 1.165) is 23.4 Å². The minimum absolute atomic E-state index is 0.0923. The van der Waals surface area contributed by atoms with E-state index < -0.39 is 0 Å². The number of aryl methyl sites for hydroxylation is 3. The summed E-state index contributed by atoms with van der Waals surface area (Å²) < 4.78 is 2.28. The number of hydrogen-bond acceptors (Lipinski definition) is 3. The van der Waals surface area contributed by atoms with Gasteiger partial charge in [0.15, 0.2) is 0 Å². The fourth-order valence-electron chi connectivity index (χ4n) is 4.00. The van der Waals surface area contributed by atoms with Crippen LogP contribution in [0.4, 0.5) is 0 Å². The van der Waals surface area contributed by atoms with Crippen LogP contribution in [0.25, 0.3) is 11.0 Å². The molecule has 152 valence electrons. The van der Waals surface area contributed by atoms with Crippen LogP contribution in [0.1, 0.15) is 38.4 Å². The molecule has 0 saturated carbocycles. The highest BCUT2D eigenvalue weighted by Gasteiger charge is 2.14. The van der Waals surface area contributed by atoms with E-state index >= 15 is 0 Å². The number of carbonyl (C=O) groups excluding carboxylic acids is 1. The Balaban J connectivity index is 1.59. The Morgan fingerprint density at radius 2 is 1.70 bits per heavy atom. The summed E-state index contributed by atoms with van der Waals surface area (Å²) in [5.41, 5.74) is 7.91. The number of hydrogen-bond donors (Lipinski definition) is 1. The van der Waals surface area contributed by atoms with Gasteiger partial charge in [-0.1, -0.05) is 29.8 Å². The van der Waals surface area contributed by atoms with Crippen molar-refractivity contribution in [3.05, 3.63) is 94.6 Å². The quantitative estimate of drug-likeness (QED) is 0.524. The Kier molecular flexibility index (Phi) is 5.61. The van der Waals surface area contributed by atoms with E-state index in [-0.39, 0.29) is 5.91 Å². The fraction of sp³-hybridized carbons (Fsp3) is 0.240. The number of rotatable bonds is 6. The topological polar surface area (TPSA) is 59.8 Å². The summed E-state index contributed by atoms with van der Waals surface area (Å²) in [5, 5.41) is 2.99. The van der Waals surface area contributed by atoms with E-state index in [1.807, 2.05) is 18.2 Å². The molecule has 4 aromatic rings. The van der Waals surface area contributed by atoms with Gasteiger partial charge in [-0.25, -0.2) is 4.98 Å². The van der Waals surface area contributed by atoms with Crippen LogP contribution < -0.4 is 5.32 Å². The van der Waals surface area contributed by atoms with Gasteiger partial charge in [-0.05, 0) is 61.7 Å². The smallest absolute Gasteiger partial charge is 0.251 e. The second-order valence-electron chi connectivity index (χ2n) is 7.72. The zero-order chi connectivity index (χ0) is 21.1. The second kappa shape index (κ2) is 8.49. The molecule has 0 aliphatic heterocycles. The number of pyridine rings is 1. The third kappa shape index (κ3) is 4.10. The van der Waals surface area contributed by atoms with Gasteiger partial charge in [-0.2, -0.15) is 0 Å². The van der Waals surface area contributed by atoms with E-state index in [0.29, 0.717) is 18.5 Å². The molecule has 0 bridgehead atoms. The molecular weight excluding hydrogens is 372 g/mol. The first-order chi connectivity index (χ1) is 14.5. The number of fused-ring (bicyclic) bond motifs is 1. The summed E-state index contributed by atoms with van der Waals surface area (Å²) in [6.45, 7) is 7.77. The predicted octanol–water partition coefficient (Wildman–Crippen LogP) is 4.38. The lowest BCUT2D eigenvalue weighted by atomic mass is 9.99. The van der Waals surface area contributed by atoms with Gasteiger partial charge < -0.3 is 9.88 Å². The summed E-state index contributed by atoms with van der Waals surface area (Å²) in [4.78, 5) is 21.2. The summed E-state index contributed by atoms with van der Waals surface area (Å²) in [5.74, 6) is 0.885. The van der Waals surface area contributed by atoms with Crippen LogP contribution in [-0.4, -0.2) is 27.0 Å². The van der Waals surface area contributed by atoms with E-state index in [2.05, 4.69) is 53.8 Å². The number of aromatic nitrogens is 3. The molecule has 2 aromatic heterocycles. The van der Waals surface area contributed by atoms with Crippen molar-refractivity contribution in [1.29, 1.82) is 0 Å². The number of carbonyl (C=O) groups is 1. The van der Waals surface area contributed by atoms with Gasteiger partial charge in [0.05, 0.1) is 11.0 Å². The van der Waals surface area contributed by atoms with Crippen molar-refractivity contribution in [2.45, 2.75) is 33.7 Å². The minimum Gasteiger partial charge on any atom is -0.352 e. The van der Waals surface area contributed by atoms with Crippen molar-refractivity contribution in [2.75, 3.05) is 6.54 Å². The zero-order valence-electron chi connectivity index (χ0n) is 17.6. The molecule has 30 heavy (non-hydrogen) atoms. The molecule has 0 saturated heterocycles. The summed E-state index contributed by atoms with van der Waals surface area (Å²) in [6, 6.07) is 16.1. The molecule has 0 spiro atoms. The Hall–Kier alpha value is -3.47. The van der Waals surface area contributed by atoms with E-state index in [9.17, 15) is 4.79 Å². The third-order valence-corrected chi connectivity index (χ3v) is 5.47. The lowest BCUT2D eigenvalue weighted by Gasteiger charge is -2.15. The summed E-state index contributed by atoms with van der Waals surface area (Å²) >= 11 is 0. The highest BCUT2D eigenvalue weighted by Crippen LogP contribution is 2.22. The van der Waals surface area contributed by atoms with Crippen LogP contribution in [-0.2, 0) is 13.0 Å². The molecule has 2 aromatic carbocycles. The van der Waals surface area contributed by atoms with Crippen molar-refractivity contribution in [3.8, 4) is 0 Å². The first-order valence-electron chi connectivity index (χ1n) is 10.2. The third-order valence-electron chi connectivity index (χ3n) is 5.47. The number of imidazole rings is 1. The molecule has 5 heteroatoms. The largest absolute Gasteiger partial charge is 0.352 e. The second-order valence-corrected chi connectivity index (χ2v) is 7.72. The number of benzene rings is 2. The van der Waals surface area contributed by atoms with Gasteiger partial charge in [-0.3, -0.25) is 9.78 Å². The molecule has 4 rings (SSSR count). The SMILES string of the molecule is Cc1cc(C)c(Cn2c(CCNC(=O)c3ccncc3)nc3ccccc32)c(C)c1. The van der Waals surface area contributed by atoms with Gasteiger partial charge in [0.25, 0.3) is 5.91 Å². The van der Waals surface area contributed by atoms with E-state index in [1.54, 1.807) is 24.5 Å². The standard InChI is InChI=1S/C25H26N4O/c1-17-14-18(2)21(19(3)15-17)16-29-23-7-5-4-6-22(23)28-24(29)10-13-27-25(30)20-8-11-26-12-9-20/h4-9,11-12,14-15H,10,13,16H2,1-3H3,(H,27,30). The van der Waals surface area contributed by atoms with Crippen molar-refractivity contribution >= 4 is 16.9 Å². The number of para-hydroxylation sites is 2. The molecule has 0 aliphatic rings. The van der Waals surface area contributed by atoms with Crippen molar-refractivity contribution in [1.82, 2.24) is 19.9 Å². The van der Waals surface area contributed by atoms with Crippen molar-refractivity contribution < 1.29 is 4.79 Å². The molecule has 0 unspecified atom stereocenters. The predicted molar refractivity (Wildman–Crippen MR) is 120 cm³/mol. The Bertz CT molecular complexity index is 1170. The van der Waals surface area contributed by atoms with Crippen LogP contribution in [0.2, 0.25) is 0 Å². The first kappa shape index (κ1) is 19.8. The molecule has 0 aliphatic carbocycles. The minimum atomic E-state index is -0.0923. The van der Waals surface area contributed by atoms with Crippen LogP contribution in [0, 0.1) is 20.8 Å². The van der Waals surface area contributed by atoms with Gasteiger partial charge in [0, 0.05) is 37.5 Å². The average molecular weight is 399 g/mol. The van der Waals surface area contributed by atoms with Crippen molar-refractivity contribution in [3.63, 3.8) is 0 Å².